The Hall–Kier alpha value is -3.00. The number of rotatable bonds is 7. The van der Waals surface area contributed by atoms with Crippen molar-refractivity contribution in [3.63, 3.8) is 0 Å². The molecule has 0 saturated carbocycles. The highest BCUT2D eigenvalue weighted by Crippen LogP contribution is 2.28. The van der Waals surface area contributed by atoms with Gasteiger partial charge < -0.3 is 14.4 Å². The molecule has 7 nitrogen and oxygen atoms in total. The lowest BCUT2D eigenvalue weighted by Gasteiger charge is -2.26. The summed E-state index contributed by atoms with van der Waals surface area (Å²) in [7, 11) is 1.54. The molecule has 0 spiro atoms. The van der Waals surface area contributed by atoms with Crippen LogP contribution in [-0.2, 0) is 0 Å². The van der Waals surface area contributed by atoms with Gasteiger partial charge in [0.25, 0.3) is 5.56 Å². The largest absolute Gasteiger partial charge is 0.494 e. The van der Waals surface area contributed by atoms with Crippen LogP contribution in [0.2, 0.25) is 0 Å². The lowest BCUT2D eigenvalue weighted by molar-refractivity contribution is 0.205. The summed E-state index contributed by atoms with van der Waals surface area (Å²) in [5.74, 6) is 0.893. The third-order valence-electron chi connectivity index (χ3n) is 5.62. The van der Waals surface area contributed by atoms with Gasteiger partial charge in [-0.05, 0) is 51.4 Å². The van der Waals surface area contributed by atoms with E-state index in [4.69, 9.17) is 9.47 Å². The first-order valence-corrected chi connectivity index (χ1v) is 10.7. The summed E-state index contributed by atoms with van der Waals surface area (Å²) in [6.45, 7) is 5.72. The Balaban J connectivity index is 1.54. The van der Waals surface area contributed by atoms with E-state index in [9.17, 15) is 9.18 Å². The molecule has 3 aromatic rings. The van der Waals surface area contributed by atoms with Crippen molar-refractivity contribution in [3.8, 4) is 17.2 Å². The number of halogens is 1. The number of piperidine rings is 1. The topological polar surface area (TPSA) is 69.5 Å². The lowest BCUT2D eigenvalue weighted by Crippen LogP contribution is -2.31. The summed E-state index contributed by atoms with van der Waals surface area (Å²) >= 11 is 0. The molecule has 3 heterocycles. The lowest BCUT2D eigenvalue weighted by atomic mass is 10.1. The second-order valence-corrected chi connectivity index (χ2v) is 7.76. The van der Waals surface area contributed by atoms with Gasteiger partial charge in [-0.3, -0.25) is 9.36 Å². The van der Waals surface area contributed by atoms with Crippen LogP contribution in [0.4, 0.5) is 4.39 Å². The van der Waals surface area contributed by atoms with Gasteiger partial charge in [0.15, 0.2) is 0 Å². The van der Waals surface area contributed by atoms with Crippen molar-refractivity contribution in [2.45, 2.75) is 32.6 Å². The molecule has 0 unspecified atom stereocenters. The first-order valence-electron chi connectivity index (χ1n) is 10.7. The van der Waals surface area contributed by atoms with Crippen molar-refractivity contribution < 1.29 is 13.9 Å². The van der Waals surface area contributed by atoms with Crippen LogP contribution in [0.5, 0.6) is 11.5 Å². The highest BCUT2D eigenvalue weighted by Gasteiger charge is 2.16. The van der Waals surface area contributed by atoms with Gasteiger partial charge in [0, 0.05) is 18.7 Å². The molecule has 1 aliphatic rings. The first-order chi connectivity index (χ1) is 15.1. The van der Waals surface area contributed by atoms with Crippen LogP contribution >= 0.6 is 0 Å². The molecule has 0 amide bonds. The van der Waals surface area contributed by atoms with Gasteiger partial charge in [0.1, 0.15) is 17.3 Å². The maximum absolute atomic E-state index is 13.6. The molecule has 8 heteroatoms. The minimum Gasteiger partial charge on any atom is -0.494 e. The Morgan fingerprint density at radius 3 is 2.74 bits per heavy atom. The SMILES string of the molecule is COc1cc(OCCCN2CCCCC2)ccc1-n1c(C)nc2cnc(F)cc2c1=O. The monoisotopic (exact) mass is 426 g/mol. The number of pyridine rings is 1. The second kappa shape index (κ2) is 9.43. The van der Waals surface area contributed by atoms with Gasteiger partial charge in [-0.15, -0.1) is 0 Å². The van der Waals surface area contributed by atoms with E-state index in [1.165, 1.54) is 50.2 Å². The summed E-state index contributed by atoms with van der Waals surface area (Å²) in [6, 6.07) is 6.44. The Kier molecular flexibility index (Phi) is 6.46. The van der Waals surface area contributed by atoms with E-state index in [0.29, 0.717) is 35.1 Å². The van der Waals surface area contributed by atoms with E-state index in [0.717, 1.165) is 19.0 Å². The molecular weight excluding hydrogens is 399 g/mol. The Labute approximate surface area is 180 Å². The van der Waals surface area contributed by atoms with Gasteiger partial charge >= 0.3 is 0 Å². The fourth-order valence-corrected chi connectivity index (χ4v) is 4.05. The van der Waals surface area contributed by atoms with Crippen LogP contribution < -0.4 is 15.0 Å². The van der Waals surface area contributed by atoms with Crippen LogP contribution in [0, 0.1) is 12.9 Å². The number of methoxy groups -OCH3 is 1. The van der Waals surface area contributed by atoms with Gasteiger partial charge in [-0.1, -0.05) is 6.42 Å². The van der Waals surface area contributed by atoms with Crippen molar-refractivity contribution in [1.82, 2.24) is 19.4 Å². The molecule has 164 valence electrons. The number of aromatic nitrogens is 3. The highest BCUT2D eigenvalue weighted by atomic mass is 19.1. The Morgan fingerprint density at radius 2 is 1.97 bits per heavy atom. The molecule has 2 aromatic heterocycles. The minimum atomic E-state index is -0.720. The minimum absolute atomic E-state index is 0.165. The van der Waals surface area contributed by atoms with E-state index >= 15 is 0 Å². The van der Waals surface area contributed by atoms with Crippen molar-refractivity contribution in [3.05, 3.63) is 52.6 Å². The summed E-state index contributed by atoms with van der Waals surface area (Å²) in [4.78, 5) is 23.5. The van der Waals surface area contributed by atoms with Crippen LogP contribution in [-0.4, -0.2) is 52.8 Å². The quantitative estimate of drug-likeness (QED) is 0.426. The summed E-state index contributed by atoms with van der Waals surface area (Å²) in [5.41, 5.74) is 0.502. The van der Waals surface area contributed by atoms with Gasteiger partial charge in [-0.25, -0.2) is 9.97 Å². The van der Waals surface area contributed by atoms with Gasteiger partial charge in [0.2, 0.25) is 5.95 Å². The summed E-state index contributed by atoms with van der Waals surface area (Å²) < 4.78 is 26.4. The third kappa shape index (κ3) is 4.69. The van der Waals surface area contributed by atoms with Crippen molar-refractivity contribution in [2.24, 2.45) is 0 Å². The number of likely N-dealkylation sites (tertiary alicyclic amines) is 1. The molecule has 0 radical (unpaired) electrons. The number of nitrogens with zero attached hydrogens (tertiary/aromatic N) is 4. The maximum Gasteiger partial charge on any atom is 0.266 e. The smallest absolute Gasteiger partial charge is 0.266 e. The zero-order valence-electron chi connectivity index (χ0n) is 17.9. The fraction of sp³-hybridized carbons (Fsp3) is 0.435. The second-order valence-electron chi connectivity index (χ2n) is 7.76. The number of ether oxygens (including phenoxy) is 2. The molecule has 0 aliphatic carbocycles. The number of hydrogen-bond donors (Lipinski definition) is 0. The van der Waals surface area contributed by atoms with Crippen LogP contribution in [0.3, 0.4) is 0 Å². The van der Waals surface area contributed by atoms with Gasteiger partial charge in [-0.2, -0.15) is 4.39 Å². The number of hydrogen-bond acceptors (Lipinski definition) is 6. The summed E-state index contributed by atoms with van der Waals surface area (Å²) in [6.07, 6.45) is 6.12. The standard InChI is InChI=1S/C23H27FN4O3/c1-16-26-19-15-25-22(24)14-18(19)23(29)28(16)20-8-7-17(13-21(20)30-2)31-12-6-11-27-9-4-3-5-10-27/h7-8,13-15H,3-6,9-12H2,1-2H3. The fourth-order valence-electron chi connectivity index (χ4n) is 4.05. The normalized spacial score (nSPS) is 14.7. The average Bonchev–Trinajstić information content (AvgIpc) is 2.78. The number of benzene rings is 1. The van der Waals surface area contributed by atoms with Crippen molar-refractivity contribution in [1.29, 1.82) is 0 Å². The molecular formula is C23H27FN4O3. The molecule has 0 bridgehead atoms. The molecule has 0 N–H and O–H groups in total. The third-order valence-corrected chi connectivity index (χ3v) is 5.62. The predicted octanol–water partition coefficient (Wildman–Crippen LogP) is 3.49. The molecule has 4 rings (SSSR count). The van der Waals surface area contributed by atoms with Crippen LogP contribution in [0.15, 0.2) is 35.3 Å². The van der Waals surface area contributed by atoms with Crippen molar-refractivity contribution in [2.75, 3.05) is 33.4 Å². The predicted molar refractivity (Wildman–Crippen MR) is 117 cm³/mol. The van der Waals surface area contributed by atoms with E-state index in [1.807, 2.05) is 6.07 Å². The highest BCUT2D eigenvalue weighted by molar-refractivity contribution is 5.77. The summed E-state index contributed by atoms with van der Waals surface area (Å²) in [5, 5.41) is 0.165. The zero-order chi connectivity index (χ0) is 21.8. The Bertz CT molecular complexity index is 1130. The van der Waals surface area contributed by atoms with E-state index < -0.39 is 5.95 Å². The van der Waals surface area contributed by atoms with E-state index in [1.54, 1.807) is 19.1 Å². The molecule has 1 fully saturated rings. The molecule has 1 aliphatic heterocycles. The van der Waals surface area contributed by atoms with Crippen molar-refractivity contribution >= 4 is 10.9 Å². The van der Waals surface area contributed by atoms with Crippen LogP contribution in [0.25, 0.3) is 16.6 Å². The van der Waals surface area contributed by atoms with E-state index in [2.05, 4.69) is 14.9 Å². The maximum atomic E-state index is 13.6. The number of fused-ring (bicyclic) bond motifs is 1. The molecule has 0 atom stereocenters. The van der Waals surface area contributed by atoms with E-state index in [-0.39, 0.29) is 10.9 Å². The number of aryl methyl sites for hydroxylation is 1. The van der Waals surface area contributed by atoms with Crippen LogP contribution in [0.1, 0.15) is 31.5 Å². The molecule has 1 saturated heterocycles. The zero-order valence-corrected chi connectivity index (χ0v) is 17.9. The molecule has 31 heavy (non-hydrogen) atoms. The first kappa shape index (κ1) is 21.2. The molecule has 1 aromatic carbocycles. The van der Waals surface area contributed by atoms with Gasteiger partial charge in [0.05, 0.1) is 36.5 Å². The Morgan fingerprint density at radius 1 is 1.16 bits per heavy atom. The average molecular weight is 426 g/mol.